The van der Waals surface area contributed by atoms with Gasteiger partial charge in [0.1, 0.15) is 5.82 Å². The molecule has 17 heavy (non-hydrogen) atoms. The molecule has 0 saturated carbocycles. The minimum atomic E-state index is 0.226. The van der Waals surface area contributed by atoms with Crippen molar-refractivity contribution in [2.24, 2.45) is 0 Å². The molecular weight excluding hydrogens is 236 g/mol. The van der Waals surface area contributed by atoms with Gasteiger partial charge >= 0.3 is 0 Å². The summed E-state index contributed by atoms with van der Waals surface area (Å²) >= 11 is 6.16. The predicted octanol–water partition coefficient (Wildman–Crippen LogP) is 2.73. The average molecular weight is 249 g/mol. The van der Waals surface area contributed by atoms with Crippen molar-refractivity contribution >= 4 is 23.4 Å². The summed E-state index contributed by atoms with van der Waals surface area (Å²) in [5, 5.41) is 3.59. The first-order valence-electron chi connectivity index (χ1n) is 5.19. The van der Waals surface area contributed by atoms with Crippen molar-refractivity contribution in [1.29, 1.82) is 0 Å². The lowest BCUT2D eigenvalue weighted by Crippen LogP contribution is -2.01. The van der Waals surface area contributed by atoms with Crippen LogP contribution in [0.5, 0.6) is 0 Å². The molecule has 0 saturated heterocycles. The Morgan fingerprint density at radius 1 is 1.24 bits per heavy atom. The van der Waals surface area contributed by atoms with Crippen LogP contribution in [0, 0.1) is 6.92 Å². The van der Waals surface area contributed by atoms with Crippen LogP contribution in [-0.4, -0.2) is 17.0 Å². The van der Waals surface area contributed by atoms with E-state index in [0.717, 1.165) is 16.8 Å². The van der Waals surface area contributed by atoms with E-state index in [0.29, 0.717) is 10.8 Å². The van der Waals surface area contributed by atoms with Crippen molar-refractivity contribution in [2.45, 2.75) is 6.92 Å². The first kappa shape index (κ1) is 11.7. The van der Waals surface area contributed by atoms with Gasteiger partial charge in [-0.25, -0.2) is 4.98 Å². The quantitative estimate of drug-likeness (QED) is 0.858. The van der Waals surface area contributed by atoms with Crippen LogP contribution in [0.4, 0.5) is 11.8 Å². The molecule has 0 unspecified atom stereocenters. The summed E-state index contributed by atoms with van der Waals surface area (Å²) in [5.74, 6) is 0.898. The maximum atomic E-state index is 6.16. The first-order valence-corrected chi connectivity index (χ1v) is 5.57. The highest BCUT2D eigenvalue weighted by Crippen LogP contribution is 2.28. The number of aryl methyl sites for hydroxylation is 1. The third kappa shape index (κ3) is 2.47. The molecule has 3 N–H and O–H groups in total. The number of rotatable bonds is 2. The average Bonchev–Trinajstić information content (AvgIpc) is 2.31. The Labute approximate surface area is 105 Å². The summed E-state index contributed by atoms with van der Waals surface area (Å²) < 4.78 is 0. The SMILES string of the molecule is CNc1cc(-c2cc(C)ccc2Cl)nc(N)n1. The van der Waals surface area contributed by atoms with Crippen LogP contribution in [0.3, 0.4) is 0 Å². The highest BCUT2D eigenvalue weighted by Gasteiger charge is 2.08. The van der Waals surface area contributed by atoms with Crippen molar-refractivity contribution in [1.82, 2.24) is 9.97 Å². The summed E-state index contributed by atoms with van der Waals surface area (Å²) in [6, 6.07) is 7.60. The van der Waals surface area contributed by atoms with E-state index in [1.807, 2.05) is 31.2 Å². The third-order valence-electron chi connectivity index (χ3n) is 2.40. The molecule has 0 radical (unpaired) electrons. The molecule has 0 fully saturated rings. The Balaban J connectivity index is 2.59. The number of aromatic nitrogens is 2. The fourth-order valence-corrected chi connectivity index (χ4v) is 1.78. The topological polar surface area (TPSA) is 63.8 Å². The Morgan fingerprint density at radius 3 is 2.71 bits per heavy atom. The van der Waals surface area contributed by atoms with Crippen LogP contribution in [0.1, 0.15) is 5.56 Å². The van der Waals surface area contributed by atoms with E-state index in [1.165, 1.54) is 0 Å². The van der Waals surface area contributed by atoms with Gasteiger partial charge in [0.05, 0.1) is 5.69 Å². The number of anilines is 2. The van der Waals surface area contributed by atoms with Crippen molar-refractivity contribution in [3.05, 3.63) is 34.9 Å². The fraction of sp³-hybridized carbons (Fsp3) is 0.167. The Bertz CT molecular complexity index is 554. The molecule has 5 heteroatoms. The number of nitrogens with zero attached hydrogens (tertiary/aromatic N) is 2. The minimum absolute atomic E-state index is 0.226. The predicted molar refractivity (Wildman–Crippen MR) is 71.2 cm³/mol. The number of hydrogen-bond donors (Lipinski definition) is 2. The molecule has 0 aliphatic carbocycles. The molecule has 0 aliphatic rings. The van der Waals surface area contributed by atoms with E-state index in [2.05, 4.69) is 15.3 Å². The molecule has 0 spiro atoms. The van der Waals surface area contributed by atoms with Gasteiger partial charge in [-0.15, -0.1) is 0 Å². The van der Waals surface area contributed by atoms with E-state index in [4.69, 9.17) is 17.3 Å². The van der Waals surface area contributed by atoms with E-state index in [9.17, 15) is 0 Å². The van der Waals surface area contributed by atoms with Gasteiger partial charge in [-0.2, -0.15) is 4.98 Å². The number of nitrogen functional groups attached to an aromatic ring is 1. The molecule has 1 aromatic carbocycles. The number of nitrogens with two attached hydrogens (primary N) is 1. The molecule has 0 amide bonds. The molecular formula is C12H13ClN4. The summed E-state index contributed by atoms with van der Waals surface area (Å²) in [5.41, 5.74) is 8.35. The van der Waals surface area contributed by atoms with Gasteiger partial charge in [0.15, 0.2) is 0 Å². The maximum absolute atomic E-state index is 6.16. The zero-order valence-corrected chi connectivity index (χ0v) is 10.4. The molecule has 88 valence electrons. The van der Waals surface area contributed by atoms with E-state index in [1.54, 1.807) is 7.05 Å². The second-order valence-corrected chi connectivity index (χ2v) is 4.14. The second-order valence-electron chi connectivity index (χ2n) is 3.73. The monoisotopic (exact) mass is 248 g/mol. The first-order chi connectivity index (χ1) is 8.10. The van der Waals surface area contributed by atoms with Gasteiger partial charge in [-0.3, -0.25) is 0 Å². The second kappa shape index (κ2) is 4.59. The van der Waals surface area contributed by atoms with E-state index < -0.39 is 0 Å². The highest BCUT2D eigenvalue weighted by molar-refractivity contribution is 6.33. The molecule has 2 rings (SSSR count). The van der Waals surface area contributed by atoms with E-state index in [-0.39, 0.29) is 5.95 Å². The summed E-state index contributed by atoms with van der Waals surface area (Å²) in [7, 11) is 1.78. The molecule has 0 atom stereocenters. The maximum Gasteiger partial charge on any atom is 0.222 e. The molecule has 2 aromatic rings. The van der Waals surface area contributed by atoms with Crippen LogP contribution in [0.2, 0.25) is 5.02 Å². The van der Waals surface area contributed by atoms with Gasteiger partial charge < -0.3 is 11.1 Å². The zero-order valence-electron chi connectivity index (χ0n) is 9.66. The molecule has 0 aliphatic heterocycles. The lowest BCUT2D eigenvalue weighted by molar-refractivity contribution is 1.18. The van der Waals surface area contributed by atoms with Gasteiger partial charge in [0.2, 0.25) is 5.95 Å². The smallest absolute Gasteiger partial charge is 0.222 e. The van der Waals surface area contributed by atoms with Crippen LogP contribution in [0.25, 0.3) is 11.3 Å². The molecule has 0 bridgehead atoms. The summed E-state index contributed by atoms with van der Waals surface area (Å²) in [6.07, 6.45) is 0. The fourth-order valence-electron chi connectivity index (χ4n) is 1.57. The third-order valence-corrected chi connectivity index (χ3v) is 2.73. The molecule has 1 aromatic heterocycles. The standard InChI is InChI=1S/C12H13ClN4/c1-7-3-4-9(13)8(5-7)10-6-11(15-2)17-12(14)16-10/h3-6H,1-2H3,(H3,14,15,16,17). The minimum Gasteiger partial charge on any atom is -0.373 e. The Hall–Kier alpha value is -1.81. The Morgan fingerprint density at radius 2 is 2.00 bits per heavy atom. The number of hydrogen-bond acceptors (Lipinski definition) is 4. The molecule has 1 heterocycles. The summed E-state index contributed by atoms with van der Waals surface area (Å²) in [4.78, 5) is 8.24. The lowest BCUT2D eigenvalue weighted by atomic mass is 10.1. The number of nitrogens with one attached hydrogen (secondary N) is 1. The lowest BCUT2D eigenvalue weighted by Gasteiger charge is -2.07. The van der Waals surface area contributed by atoms with Gasteiger partial charge in [0.25, 0.3) is 0 Å². The van der Waals surface area contributed by atoms with Gasteiger partial charge in [-0.05, 0) is 19.1 Å². The molecule has 4 nitrogen and oxygen atoms in total. The number of halogens is 1. The summed E-state index contributed by atoms with van der Waals surface area (Å²) in [6.45, 7) is 2.00. The van der Waals surface area contributed by atoms with Crippen LogP contribution in [-0.2, 0) is 0 Å². The highest BCUT2D eigenvalue weighted by atomic mass is 35.5. The van der Waals surface area contributed by atoms with E-state index >= 15 is 0 Å². The van der Waals surface area contributed by atoms with Crippen LogP contribution in [0.15, 0.2) is 24.3 Å². The van der Waals surface area contributed by atoms with Crippen LogP contribution >= 0.6 is 11.6 Å². The van der Waals surface area contributed by atoms with Gasteiger partial charge in [-0.1, -0.05) is 23.2 Å². The van der Waals surface area contributed by atoms with Crippen molar-refractivity contribution in [2.75, 3.05) is 18.1 Å². The largest absolute Gasteiger partial charge is 0.373 e. The Kier molecular flexibility index (Phi) is 3.15. The zero-order chi connectivity index (χ0) is 12.4. The van der Waals surface area contributed by atoms with Crippen molar-refractivity contribution in [3.63, 3.8) is 0 Å². The van der Waals surface area contributed by atoms with Crippen molar-refractivity contribution < 1.29 is 0 Å². The van der Waals surface area contributed by atoms with Gasteiger partial charge in [0, 0.05) is 23.7 Å². The normalized spacial score (nSPS) is 10.3. The number of benzene rings is 1. The van der Waals surface area contributed by atoms with Crippen LogP contribution < -0.4 is 11.1 Å². The van der Waals surface area contributed by atoms with Crippen molar-refractivity contribution in [3.8, 4) is 11.3 Å².